The summed E-state index contributed by atoms with van der Waals surface area (Å²) in [6.07, 6.45) is 11.7. The van der Waals surface area contributed by atoms with Crippen LogP contribution in [0.5, 0.6) is 5.75 Å². The van der Waals surface area contributed by atoms with E-state index < -0.39 is 0 Å². The lowest BCUT2D eigenvalue weighted by Crippen LogP contribution is -2.17. The summed E-state index contributed by atoms with van der Waals surface area (Å²) in [6, 6.07) is 16.7. The number of carbonyl (C=O) groups is 1. The molecular formula is C28H35ClN4O2. The quantitative estimate of drug-likeness (QED) is 0.147. The molecule has 2 aromatic carbocycles. The Balaban J connectivity index is 1.43. The second-order valence-electron chi connectivity index (χ2n) is 8.58. The lowest BCUT2D eigenvalue weighted by molar-refractivity contribution is 0.0955. The fraction of sp³-hybridized carbons (Fsp3) is 0.393. The fourth-order valence-corrected chi connectivity index (χ4v) is 4.07. The number of aromatic nitrogens is 2. The number of hydrogen-bond acceptors (Lipinski definition) is 4. The highest BCUT2D eigenvalue weighted by Gasteiger charge is 2.13. The predicted octanol–water partition coefficient (Wildman–Crippen LogP) is 7.12. The highest BCUT2D eigenvalue weighted by molar-refractivity contribution is 6.32. The van der Waals surface area contributed by atoms with E-state index >= 15 is 0 Å². The maximum absolute atomic E-state index is 12.4. The van der Waals surface area contributed by atoms with Crippen LogP contribution in [0, 0.1) is 6.92 Å². The molecule has 0 saturated carbocycles. The van der Waals surface area contributed by atoms with Gasteiger partial charge in [-0.1, -0.05) is 81.7 Å². The second kappa shape index (κ2) is 14.3. The summed E-state index contributed by atoms with van der Waals surface area (Å²) in [6.45, 7) is 4.79. The van der Waals surface area contributed by atoms with Gasteiger partial charge in [0.15, 0.2) is 0 Å². The Labute approximate surface area is 213 Å². The van der Waals surface area contributed by atoms with E-state index in [4.69, 9.17) is 16.3 Å². The van der Waals surface area contributed by atoms with Gasteiger partial charge in [0.1, 0.15) is 10.9 Å². The zero-order valence-corrected chi connectivity index (χ0v) is 21.4. The maximum Gasteiger partial charge on any atom is 0.271 e. The van der Waals surface area contributed by atoms with E-state index in [1.54, 1.807) is 16.8 Å². The van der Waals surface area contributed by atoms with Crippen LogP contribution in [0.25, 0.3) is 5.69 Å². The summed E-state index contributed by atoms with van der Waals surface area (Å²) in [5.74, 6) is 0.462. The normalized spacial score (nSPS) is 11.2. The Morgan fingerprint density at radius 1 is 1.00 bits per heavy atom. The van der Waals surface area contributed by atoms with Crippen LogP contribution < -0.4 is 10.2 Å². The third-order valence-corrected chi connectivity index (χ3v) is 6.16. The van der Waals surface area contributed by atoms with Crippen LogP contribution in [0.4, 0.5) is 0 Å². The van der Waals surface area contributed by atoms with Crippen molar-refractivity contribution in [2.75, 3.05) is 6.61 Å². The summed E-state index contributed by atoms with van der Waals surface area (Å²) >= 11 is 6.49. The first-order valence-corrected chi connectivity index (χ1v) is 12.8. The summed E-state index contributed by atoms with van der Waals surface area (Å²) < 4.78 is 7.45. The minimum Gasteiger partial charge on any atom is -0.494 e. The summed E-state index contributed by atoms with van der Waals surface area (Å²) in [7, 11) is 0. The molecule has 186 valence electrons. The Bertz CT molecular complexity index is 1080. The number of amides is 1. The van der Waals surface area contributed by atoms with Gasteiger partial charge < -0.3 is 4.74 Å². The van der Waals surface area contributed by atoms with Gasteiger partial charge in [0.05, 0.1) is 29.8 Å². The van der Waals surface area contributed by atoms with Crippen molar-refractivity contribution in [3.8, 4) is 11.4 Å². The van der Waals surface area contributed by atoms with Gasteiger partial charge in [-0.15, -0.1) is 0 Å². The molecule has 0 spiro atoms. The van der Waals surface area contributed by atoms with Crippen molar-refractivity contribution >= 4 is 23.7 Å². The third kappa shape index (κ3) is 8.25. The number of ether oxygens (including phenoxy) is 1. The lowest BCUT2D eigenvalue weighted by atomic mass is 10.1. The molecule has 0 unspecified atom stereocenters. The molecule has 3 rings (SSSR count). The monoisotopic (exact) mass is 494 g/mol. The van der Waals surface area contributed by atoms with Crippen molar-refractivity contribution < 1.29 is 9.53 Å². The average Bonchev–Trinajstić information content (AvgIpc) is 3.17. The average molecular weight is 495 g/mol. The molecule has 0 aliphatic heterocycles. The van der Waals surface area contributed by atoms with Crippen molar-refractivity contribution in [3.63, 3.8) is 0 Å². The van der Waals surface area contributed by atoms with Crippen LogP contribution >= 0.6 is 11.6 Å². The Morgan fingerprint density at radius 3 is 2.34 bits per heavy atom. The molecule has 0 atom stereocenters. The van der Waals surface area contributed by atoms with Crippen LogP contribution in [0.15, 0.2) is 59.7 Å². The molecule has 1 heterocycles. The topological polar surface area (TPSA) is 68.5 Å². The zero-order chi connectivity index (χ0) is 24.9. The van der Waals surface area contributed by atoms with Crippen molar-refractivity contribution in [2.24, 2.45) is 5.10 Å². The van der Waals surface area contributed by atoms with E-state index in [0.29, 0.717) is 22.9 Å². The number of hydrazone groups is 1. The summed E-state index contributed by atoms with van der Waals surface area (Å²) in [5, 5.41) is 8.98. The molecule has 35 heavy (non-hydrogen) atoms. The van der Waals surface area contributed by atoms with Crippen LogP contribution in [-0.4, -0.2) is 28.5 Å². The number of unbranched alkanes of at least 4 members (excludes halogenated alkanes) is 7. The highest BCUT2D eigenvalue weighted by Crippen LogP contribution is 2.22. The van der Waals surface area contributed by atoms with Gasteiger partial charge in [-0.2, -0.15) is 10.2 Å². The largest absolute Gasteiger partial charge is 0.494 e. The zero-order valence-electron chi connectivity index (χ0n) is 20.7. The summed E-state index contributed by atoms with van der Waals surface area (Å²) in [4.78, 5) is 12.4. The molecule has 0 radical (unpaired) electrons. The van der Waals surface area contributed by atoms with Crippen molar-refractivity contribution in [1.82, 2.24) is 15.2 Å². The molecule has 0 fully saturated rings. The third-order valence-electron chi connectivity index (χ3n) is 5.79. The highest BCUT2D eigenvalue weighted by atomic mass is 35.5. The molecule has 1 N–H and O–H groups in total. The van der Waals surface area contributed by atoms with E-state index in [1.165, 1.54) is 51.2 Å². The van der Waals surface area contributed by atoms with E-state index in [0.717, 1.165) is 23.6 Å². The van der Waals surface area contributed by atoms with Crippen LogP contribution in [0.2, 0.25) is 5.15 Å². The molecular weight excluding hydrogens is 460 g/mol. The Morgan fingerprint density at radius 2 is 1.66 bits per heavy atom. The van der Waals surface area contributed by atoms with Crippen LogP contribution in [-0.2, 0) is 0 Å². The lowest BCUT2D eigenvalue weighted by Gasteiger charge is -2.07. The molecule has 1 aromatic heterocycles. The van der Waals surface area contributed by atoms with Gasteiger partial charge in [-0.25, -0.2) is 10.1 Å². The van der Waals surface area contributed by atoms with E-state index in [9.17, 15) is 4.79 Å². The molecule has 7 heteroatoms. The molecule has 0 bridgehead atoms. The van der Waals surface area contributed by atoms with Gasteiger partial charge in [0.25, 0.3) is 5.91 Å². The molecule has 3 aromatic rings. The number of nitrogens with one attached hydrogen (secondary N) is 1. The first kappa shape index (κ1) is 26.5. The minimum atomic E-state index is -0.305. The van der Waals surface area contributed by atoms with E-state index in [1.807, 2.05) is 49.4 Å². The number of carbonyl (C=O) groups excluding carboxylic acids is 1. The minimum absolute atomic E-state index is 0.305. The van der Waals surface area contributed by atoms with Gasteiger partial charge in [-0.3, -0.25) is 4.79 Å². The van der Waals surface area contributed by atoms with Gasteiger partial charge in [0, 0.05) is 5.56 Å². The number of halogens is 1. The number of rotatable bonds is 14. The summed E-state index contributed by atoms with van der Waals surface area (Å²) in [5.41, 5.74) is 5.28. The van der Waals surface area contributed by atoms with Crippen molar-refractivity contribution in [3.05, 3.63) is 76.6 Å². The van der Waals surface area contributed by atoms with Crippen LogP contribution in [0.1, 0.15) is 79.9 Å². The van der Waals surface area contributed by atoms with Crippen molar-refractivity contribution in [1.29, 1.82) is 0 Å². The Hall–Kier alpha value is -3.12. The molecule has 6 nitrogen and oxygen atoms in total. The molecule has 0 saturated heterocycles. The van der Waals surface area contributed by atoms with E-state index in [2.05, 4.69) is 22.5 Å². The number of nitrogens with zero attached hydrogens (tertiary/aromatic N) is 3. The van der Waals surface area contributed by atoms with Crippen molar-refractivity contribution in [2.45, 2.75) is 65.2 Å². The first-order chi connectivity index (χ1) is 17.1. The maximum atomic E-state index is 12.4. The number of para-hydroxylation sites is 1. The number of benzene rings is 2. The SMILES string of the molecule is CCCCCCCCCCOc1ccc(C(=O)N/N=C/c2c(C)nn(-c3ccccc3)c2Cl)cc1. The first-order valence-electron chi connectivity index (χ1n) is 12.5. The van der Waals surface area contributed by atoms with Crippen LogP contribution in [0.3, 0.4) is 0 Å². The van der Waals surface area contributed by atoms with Gasteiger partial charge in [0.2, 0.25) is 0 Å². The number of hydrogen-bond donors (Lipinski definition) is 1. The fourth-order valence-electron chi connectivity index (χ4n) is 3.75. The van der Waals surface area contributed by atoms with Gasteiger partial charge >= 0.3 is 0 Å². The molecule has 0 aliphatic carbocycles. The number of aryl methyl sites for hydroxylation is 1. The smallest absolute Gasteiger partial charge is 0.271 e. The predicted molar refractivity (Wildman–Crippen MR) is 143 cm³/mol. The molecule has 0 aliphatic rings. The van der Waals surface area contributed by atoms with E-state index in [-0.39, 0.29) is 5.91 Å². The molecule has 1 amide bonds. The standard InChI is InChI=1S/C28H35ClN4O2/c1-3-4-5-6-7-8-9-13-20-35-25-18-16-23(17-19-25)28(34)31-30-21-26-22(2)32-33(27(26)29)24-14-11-10-12-15-24/h10-12,14-19,21H,3-9,13,20H2,1-2H3,(H,31,34)/b30-21+. The second-order valence-corrected chi connectivity index (χ2v) is 8.94. The van der Waals surface area contributed by atoms with Gasteiger partial charge in [-0.05, 0) is 49.7 Å². The Kier molecular flexibility index (Phi) is 10.8.